The van der Waals surface area contributed by atoms with Gasteiger partial charge in [0, 0.05) is 36.0 Å². The first kappa shape index (κ1) is 16.0. The van der Waals surface area contributed by atoms with E-state index in [-0.39, 0.29) is 25.2 Å². The molecule has 1 N–H and O–H groups in total. The largest absolute Gasteiger partial charge is 0.550 e. The number of carboxylic acids is 1. The minimum absolute atomic E-state index is 0.0107. The highest BCUT2D eigenvalue weighted by Gasteiger charge is 2.19. The lowest BCUT2D eigenvalue weighted by Crippen LogP contribution is -2.33. The maximum atomic E-state index is 12.0. The molecule has 0 radical (unpaired) electrons. The number of fused-ring (bicyclic) bond motifs is 3. The van der Waals surface area contributed by atoms with Crippen molar-refractivity contribution in [3.63, 3.8) is 0 Å². The zero-order valence-corrected chi connectivity index (χ0v) is 12.9. The molecular weight excluding hydrogens is 314 g/mol. The molecular formula is C17H16NO6-. The van der Waals surface area contributed by atoms with Crippen LogP contribution in [0.2, 0.25) is 0 Å². The Morgan fingerprint density at radius 2 is 2.04 bits per heavy atom. The molecule has 1 aliphatic rings. The van der Waals surface area contributed by atoms with Gasteiger partial charge in [-0.2, -0.15) is 0 Å². The highest BCUT2D eigenvalue weighted by Crippen LogP contribution is 2.29. The van der Waals surface area contributed by atoms with Gasteiger partial charge in [-0.3, -0.25) is 4.79 Å². The number of carbonyl (C=O) groups is 2. The van der Waals surface area contributed by atoms with E-state index >= 15 is 0 Å². The molecule has 126 valence electrons. The van der Waals surface area contributed by atoms with Crippen molar-refractivity contribution in [3.8, 4) is 5.75 Å². The summed E-state index contributed by atoms with van der Waals surface area (Å²) in [7, 11) is 0. The minimum atomic E-state index is -1.23. The average Bonchev–Trinajstić information content (AvgIpc) is 3.03. The van der Waals surface area contributed by atoms with E-state index in [0.717, 1.165) is 35.8 Å². The number of carboxylic acid groups (broad SMARTS) is 1. The number of aliphatic carboxylic acids is 1. The molecule has 7 heteroatoms. The fraction of sp³-hybridized carbons (Fsp3) is 0.353. The van der Waals surface area contributed by atoms with E-state index in [1.807, 2.05) is 6.07 Å². The fourth-order valence-electron chi connectivity index (χ4n) is 2.86. The van der Waals surface area contributed by atoms with E-state index in [1.54, 1.807) is 12.1 Å². The van der Waals surface area contributed by atoms with Crippen LogP contribution in [0.5, 0.6) is 5.75 Å². The molecule has 0 atom stereocenters. The Kier molecular flexibility index (Phi) is 4.50. The summed E-state index contributed by atoms with van der Waals surface area (Å²) in [6, 6.07) is 5.13. The zero-order valence-electron chi connectivity index (χ0n) is 12.9. The number of carbonyl (C=O) groups excluding carboxylic acids is 2. The third-order valence-electron chi connectivity index (χ3n) is 3.97. The minimum Gasteiger partial charge on any atom is -0.550 e. The molecule has 24 heavy (non-hydrogen) atoms. The summed E-state index contributed by atoms with van der Waals surface area (Å²) in [6.07, 6.45) is 2.30. The van der Waals surface area contributed by atoms with Gasteiger partial charge >= 0.3 is 5.63 Å². The second kappa shape index (κ2) is 6.74. The molecule has 0 aliphatic heterocycles. The predicted octanol–water partition coefficient (Wildman–Crippen LogP) is -0.0833. The van der Waals surface area contributed by atoms with Crippen LogP contribution in [0.4, 0.5) is 0 Å². The quantitative estimate of drug-likeness (QED) is 0.742. The van der Waals surface area contributed by atoms with Crippen LogP contribution in [0.1, 0.15) is 24.0 Å². The van der Waals surface area contributed by atoms with Crippen molar-refractivity contribution in [2.24, 2.45) is 0 Å². The van der Waals surface area contributed by atoms with Crippen molar-refractivity contribution < 1.29 is 23.8 Å². The van der Waals surface area contributed by atoms with E-state index in [1.165, 1.54) is 0 Å². The van der Waals surface area contributed by atoms with Crippen molar-refractivity contribution in [2.45, 2.75) is 25.7 Å². The van der Waals surface area contributed by atoms with Gasteiger partial charge in [-0.05, 0) is 37.0 Å². The molecule has 1 aromatic carbocycles. The molecule has 1 heterocycles. The topological polar surface area (TPSA) is 109 Å². The smallest absolute Gasteiger partial charge is 0.339 e. The Bertz CT molecular complexity index is 854. The van der Waals surface area contributed by atoms with Crippen LogP contribution in [-0.2, 0) is 22.4 Å². The Morgan fingerprint density at radius 1 is 1.25 bits per heavy atom. The normalized spacial score (nSPS) is 12.8. The van der Waals surface area contributed by atoms with Gasteiger partial charge in [0.2, 0.25) is 0 Å². The van der Waals surface area contributed by atoms with E-state index < -0.39 is 11.9 Å². The van der Waals surface area contributed by atoms with Crippen molar-refractivity contribution in [2.75, 3.05) is 13.2 Å². The molecule has 0 fully saturated rings. The lowest BCUT2D eigenvalue weighted by atomic mass is 10.1. The lowest BCUT2D eigenvalue weighted by Gasteiger charge is -2.09. The summed E-state index contributed by atoms with van der Waals surface area (Å²) in [6.45, 7) is -0.267. The van der Waals surface area contributed by atoms with E-state index in [9.17, 15) is 19.5 Å². The van der Waals surface area contributed by atoms with Crippen molar-refractivity contribution in [1.82, 2.24) is 5.32 Å². The SMILES string of the molecule is O=C([O-])CCNC(=O)COc1ccc2c3c(c(=O)oc2c1)CCC3. The summed E-state index contributed by atoms with van der Waals surface area (Å²) in [4.78, 5) is 33.8. The van der Waals surface area contributed by atoms with Gasteiger partial charge < -0.3 is 24.4 Å². The third kappa shape index (κ3) is 3.40. The van der Waals surface area contributed by atoms with Gasteiger partial charge in [0.25, 0.3) is 5.91 Å². The van der Waals surface area contributed by atoms with Crippen LogP contribution in [0.25, 0.3) is 11.0 Å². The summed E-state index contributed by atoms with van der Waals surface area (Å²) in [5.74, 6) is -1.27. The van der Waals surface area contributed by atoms with Gasteiger partial charge in [-0.25, -0.2) is 4.79 Å². The molecule has 0 bridgehead atoms. The van der Waals surface area contributed by atoms with E-state index in [0.29, 0.717) is 11.3 Å². The number of ether oxygens (including phenoxy) is 1. The second-order valence-electron chi connectivity index (χ2n) is 5.62. The average molecular weight is 330 g/mol. The number of hydrogen-bond donors (Lipinski definition) is 1. The number of hydrogen-bond acceptors (Lipinski definition) is 6. The van der Waals surface area contributed by atoms with E-state index in [4.69, 9.17) is 9.15 Å². The monoisotopic (exact) mass is 330 g/mol. The van der Waals surface area contributed by atoms with Crippen LogP contribution in [0.3, 0.4) is 0 Å². The van der Waals surface area contributed by atoms with Crippen molar-refractivity contribution in [3.05, 3.63) is 39.7 Å². The molecule has 1 aromatic heterocycles. The molecule has 0 spiro atoms. The Labute approximate surface area is 137 Å². The first-order valence-corrected chi connectivity index (χ1v) is 7.72. The first-order chi connectivity index (χ1) is 11.5. The third-order valence-corrected chi connectivity index (χ3v) is 3.97. The number of amides is 1. The van der Waals surface area contributed by atoms with Crippen LogP contribution >= 0.6 is 0 Å². The summed E-state index contributed by atoms with van der Waals surface area (Å²) >= 11 is 0. The molecule has 2 aromatic rings. The Morgan fingerprint density at radius 3 is 2.83 bits per heavy atom. The second-order valence-corrected chi connectivity index (χ2v) is 5.62. The highest BCUT2D eigenvalue weighted by atomic mass is 16.5. The highest BCUT2D eigenvalue weighted by molar-refractivity contribution is 5.83. The lowest BCUT2D eigenvalue weighted by molar-refractivity contribution is -0.305. The van der Waals surface area contributed by atoms with Crippen molar-refractivity contribution in [1.29, 1.82) is 0 Å². The Balaban J connectivity index is 1.68. The molecule has 7 nitrogen and oxygen atoms in total. The standard InChI is InChI=1S/C17H17NO6/c19-15(18-7-6-16(20)21)9-23-10-4-5-12-11-2-1-3-13(11)17(22)24-14(12)8-10/h4-5,8H,1-3,6-7,9H2,(H,18,19)(H,20,21)/p-1. The van der Waals surface area contributed by atoms with Crippen LogP contribution in [0, 0.1) is 0 Å². The predicted molar refractivity (Wildman–Crippen MR) is 82.6 cm³/mol. The van der Waals surface area contributed by atoms with Gasteiger partial charge in [0.05, 0.1) is 0 Å². The summed E-state index contributed by atoms with van der Waals surface area (Å²) in [5.41, 5.74) is 1.92. The van der Waals surface area contributed by atoms with Crippen LogP contribution < -0.4 is 20.8 Å². The zero-order chi connectivity index (χ0) is 17.1. The number of benzene rings is 1. The maximum absolute atomic E-state index is 12.0. The summed E-state index contributed by atoms with van der Waals surface area (Å²) < 4.78 is 10.7. The number of nitrogens with one attached hydrogen (secondary N) is 1. The van der Waals surface area contributed by atoms with Gasteiger partial charge in [-0.1, -0.05) is 0 Å². The first-order valence-electron chi connectivity index (χ1n) is 7.72. The molecule has 1 aliphatic carbocycles. The number of rotatable bonds is 6. The number of aryl methyl sites for hydroxylation is 1. The van der Waals surface area contributed by atoms with Crippen molar-refractivity contribution >= 4 is 22.8 Å². The molecule has 0 unspecified atom stereocenters. The van der Waals surface area contributed by atoms with Crippen LogP contribution in [-0.4, -0.2) is 25.0 Å². The molecule has 3 rings (SSSR count). The maximum Gasteiger partial charge on any atom is 0.339 e. The van der Waals surface area contributed by atoms with Gasteiger partial charge in [-0.15, -0.1) is 0 Å². The van der Waals surface area contributed by atoms with Gasteiger partial charge in [0.15, 0.2) is 6.61 Å². The molecule has 0 saturated carbocycles. The van der Waals surface area contributed by atoms with Gasteiger partial charge in [0.1, 0.15) is 11.3 Å². The van der Waals surface area contributed by atoms with E-state index in [2.05, 4.69) is 5.32 Å². The molecule has 1 amide bonds. The molecule has 0 saturated heterocycles. The summed E-state index contributed by atoms with van der Waals surface area (Å²) in [5, 5.41) is 13.6. The fourth-order valence-corrected chi connectivity index (χ4v) is 2.86. The van der Waals surface area contributed by atoms with Crippen LogP contribution in [0.15, 0.2) is 27.4 Å². The Hall–Kier alpha value is -2.83.